The summed E-state index contributed by atoms with van der Waals surface area (Å²) in [5, 5.41) is 3.47. The molecule has 1 N–H and O–H groups in total. The van der Waals surface area contributed by atoms with Crippen molar-refractivity contribution < 1.29 is 4.79 Å². The van der Waals surface area contributed by atoms with Crippen molar-refractivity contribution >= 4 is 18.3 Å². The van der Waals surface area contributed by atoms with E-state index < -0.39 is 0 Å². The fourth-order valence-corrected chi connectivity index (χ4v) is 3.34. The highest BCUT2D eigenvalue weighted by Crippen LogP contribution is 2.24. The largest absolute Gasteiger partial charge is 0.337 e. The van der Waals surface area contributed by atoms with E-state index in [0.29, 0.717) is 24.0 Å². The summed E-state index contributed by atoms with van der Waals surface area (Å²) in [6, 6.07) is 1.49. The lowest BCUT2D eigenvalue weighted by Crippen LogP contribution is -2.47. The molecule has 0 aromatic carbocycles. The molecule has 2 rings (SSSR count). The van der Waals surface area contributed by atoms with Gasteiger partial charge in [-0.3, -0.25) is 4.79 Å². The molecule has 18 heavy (non-hydrogen) atoms. The van der Waals surface area contributed by atoms with Crippen LogP contribution in [0.15, 0.2) is 0 Å². The summed E-state index contributed by atoms with van der Waals surface area (Å²) < 4.78 is 0. The van der Waals surface area contributed by atoms with Gasteiger partial charge in [0.05, 0.1) is 0 Å². The van der Waals surface area contributed by atoms with Crippen LogP contribution in [0.2, 0.25) is 0 Å². The molecular formula is C14H27ClN2O. The number of rotatable bonds is 3. The van der Waals surface area contributed by atoms with Crippen molar-refractivity contribution in [1.29, 1.82) is 0 Å². The highest BCUT2D eigenvalue weighted by Gasteiger charge is 2.29. The number of hydrogen-bond acceptors (Lipinski definition) is 2. The van der Waals surface area contributed by atoms with E-state index in [4.69, 9.17) is 0 Å². The molecule has 3 nitrogen and oxygen atoms in total. The first-order valence-electron chi connectivity index (χ1n) is 7.23. The molecule has 3 unspecified atom stereocenters. The van der Waals surface area contributed by atoms with Gasteiger partial charge in [0.1, 0.15) is 0 Å². The van der Waals surface area contributed by atoms with Crippen LogP contribution in [-0.2, 0) is 4.79 Å². The summed E-state index contributed by atoms with van der Waals surface area (Å²) in [6.07, 6.45) is 7.90. The zero-order chi connectivity index (χ0) is 12.3. The first kappa shape index (κ1) is 15.8. The predicted molar refractivity (Wildman–Crippen MR) is 77.1 cm³/mol. The van der Waals surface area contributed by atoms with Crippen molar-refractivity contribution in [2.45, 2.75) is 76.9 Å². The Morgan fingerprint density at radius 1 is 1.17 bits per heavy atom. The number of carbonyl (C=O) groups excluding carboxylic acids is 1. The molecule has 0 bridgehead atoms. The van der Waals surface area contributed by atoms with Gasteiger partial charge in [-0.15, -0.1) is 12.4 Å². The highest BCUT2D eigenvalue weighted by atomic mass is 35.5. The second-order valence-electron chi connectivity index (χ2n) is 5.76. The molecule has 2 saturated heterocycles. The fraction of sp³-hybridized carbons (Fsp3) is 0.929. The van der Waals surface area contributed by atoms with Crippen LogP contribution in [0.1, 0.15) is 58.8 Å². The summed E-state index contributed by atoms with van der Waals surface area (Å²) in [5.41, 5.74) is 0. The van der Waals surface area contributed by atoms with Gasteiger partial charge in [0, 0.05) is 24.5 Å². The Morgan fingerprint density at radius 3 is 2.39 bits per heavy atom. The van der Waals surface area contributed by atoms with Gasteiger partial charge in [0.15, 0.2) is 0 Å². The molecule has 0 aliphatic carbocycles. The van der Waals surface area contributed by atoms with Gasteiger partial charge in [-0.2, -0.15) is 0 Å². The molecule has 3 atom stereocenters. The van der Waals surface area contributed by atoms with Crippen molar-refractivity contribution in [3.8, 4) is 0 Å². The van der Waals surface area contributed by atoms with Crippen molar-refractivity contribution in [3.63, 3.8) is 0 Å². The number of likely N-dealkylation sites (tertiary alicyclic amines) is 1. The van der Waals surface area contributed by atoms with Crippen molar-refractivity contribution in [3.05, 3.63) is 0 Å². The van der Waals surface area contributed by atoms with E-state index in [1.165, 1.54) is 32.1 Å². The molecule has 2 fully saturated rings. The third-order valence-electron chi connectivity index (χ3n) is 4.35. The summed E-state index contributed by atoms with van der Waals surface area (Å²) in [4.78, 5) is 14.4. The Hall–Kier alpha value is -0.280. The first-order chi connectivity index (χ1) is 8.18. The van der Waals surface area contributed by atoms with Crippen LogP contribution >= 0.6 is 12.4 Å². The Bertz CT molecular complexity index is 257. The standard InChI is InChI=1S/C14H26N2O.ClH/c1-11-5-3-6-12(2)16(11)14(17)9-8-13-7-4-10-15-13;/h11-13,15H,3-10H2,1-2H3;1H. The maximum absolute atomic E-state index is 12.3. The van der Waals surface area contributed by atoms with E-state index in [9.17, 15) is 4.79 Å². The molecule has 0 spiro atoms. The van der Waals surface area contributed by atoms with Gasteiger partial charge < -0.3 is 10.2 Å². The van der Waals surface area contributed by atoms with E-state index in [1.54, 1.807) is 0 Å². The Labute approximate surface area is 117 Å². The molecule has 1 amide bonds. The Morgan fingerprint density at radius 2 is 1.83 bits per heavy atom. The van der Waals surface area contributed by atoms with Gasteiger partial charge in [-0.05, 0) is 58.9 Å². The molecule has 106 valence electrons. The average Bonchev–Trinajstić information content (AvgIpc) is 2.79. The molecular weight excluding hydrogens is 248 g/mol. The van der Waals surface area contributed by atoms with E-state index in [2.05, 4.69) is 24.1 Å². The summed E-state index contributed by atoms with van der Waals surface area (Å²) in [6.45, 7) is 5.53. The maximum atomic E-state index is 12.3. The summed E-state index contributed by atoms with van der Waals surface area (Å²) in [5.74, 6) is 0.374. The van der Waals surface area contributed by atoms with Crippen LogP contribution < -0.4 is 5.32 Å². The van der Waals surface area contributed by atoms with E-state index in [1.807, 2.05) is 0 Å². The molecule has 0 radical (unpaired) electrons. The topological polar surface area (TPSA) is 32.3 Å². The van der Waals surface area contributed by atoms with Gasteiger partial charge in [0.2, 0.25) is 5.91 Å². The molecule has 2 aliphatic heterocycles. The minimum absolute atomic E-state index is 0. The third-order valence-corrected chi connectivity index (χ3v) is 4.35. The van der Waals surface area contributed by atoms with Crippen LogP contribution in [0.3, 0.4) is 0 Å². The first-order valence-corrected chi connectivity index (χ1v) is 7.23. The average molecular weight is 275 g/mol. The van der Waals surface area contributed by atoms with Crippen LogP contribution in [0.5, 0.6) is 0 Å². The number of nitrogens with zero attached hydrogens (tertiary/aromatic N) is 1. The fourth-order valence-electron chi connectivity index (χ4n) is 3.34. The van der Waals surface area contributed by atoms with Crippen LogP contribution in [-0.4, -0.2) is 35.5 Å². The van der Waals surface area contributed by atoms with Gasteiger partial charge in [-0.1, -0.05) is 0 Å². The number of hydrogen-bond donors (Lipinski definition) is 1. The molecule has 4 heteroatoms. The van der Waals surface area contributed by atoms with Crippen molar-refractivity contribution in [2.24, 2.45) is 0 Å². The second kappa shape index (κ2) is 7.34. The Kier molecular flexibility index (Phi) is 6.44. The monoisotopic (exact) mass is 274 g/mol. The van der Waals surface area contributed by atoms with Gasteiger partial charge in [-0.25, -0.2) is 0 Å². The molecule has 2 aliphatic rings. The van der Waals surface area contributed by atoms with Gasteiger partial charge >= 0.3 is 0 Å². The number of nitrogens with one attached hydrogen (secondary N) is 1. The maximum Gasteiger partial charge on any atom is 0.223 e. The molecule has 0 saturated carbocycles. The van der Waals surface area contributed by atoms with Crippen molar-refractivity contribution in [2.75, 3.05) is 6.54 Å². The molecule has 0 aromatic rings. The lowest BCUT2D eigenvalue weighted by molar-refractivity contribution is -0.137. The number of halogens is 1. The minimum atomic E-state index is 0. The predicted octanol–water partition coefficient (Wildman–Crippen LogP) is 2.73. The lowest BCUT2D eigenvalue weighted by atomic mass is 9.96. The number of carbonyl (C=O) groups is 1. The highest BCUT2D eigenvalue weighted by molar-refractivity contribution is 5.85. The molecule has 2 heterocycles. The van der Waals surface area contributed by atoms with E-state index >= 15 is 0 Å². The molecule has 0 aromatic heterocycles. The third kappa shape index (κ3) is 3.86. The zero-order valence-electron chi connectivity index (χ0n) is 11.7. The Balaban J connectivity index is 0.00000162. The van der Waals surface area contributed by atoms with E-state index in [0.717, 1.165) is 19.4 Å². The second-order valence-corrected chi connectivity index (χ2v) is 5.76. The van der Waals surface area contributed by atoms with Gasteiger partial charge in [0.25, 0.3) is 0 Å². The SMILES string of the molecule is CC1CCCC(C)N1C(=O)CCC1CCCN1.Cl. The minimum Gasteiger partial charge on any atom is -0.337 e. The van der Waals surface area contributed by atoms with Crippen LogP contribution in [0, 0.1) is 0 Å². The summed E-state index contributed by atoms with van der Waals surface area (Å²) in [7, 11) is 0. The number of amides is 1. The number of piperidine rings is 1. The normalized spacial score (nSPS) is 32.1. The smallest absolute Gasteiger partial charge is 0.223 e. The van der Waals surface area contributed by atoms with Crippen LogP contribution in [0.4, 0.5) is 0 Å². The van der Waals surface area contributed by atoms with Crippen molar-refractivity contribution in [1.82, 2.24) is 10.2 Å². The lowest BCUT2D eigenvalue weighted by Gasteiger charge is -2.39. The van der Waals surface area contributed by atoms with Crippen LogP contribution in [0.25, 0.3) is 0 Å². The van der Waals surface area contributed by atoms with E-state index in [-0.39, 0.29) is 12.4 Å². The summed E-state index contributed by atoms with van der Waals surface area (Å²) >= 11 is 0. The quantitative estimate of drug-likeness (QED) is 0.858. The zero-order valence-corrected chi connectivity index (χ0v) is 12.5.